The fourth-order valence-corrected chi connectivity index (χ4v) is 3.06. The molecule has 0 saturated carbocycles. The number of hydrogen-bond donors (Lipinski definition) is 6. The van der Waals surface area contributed by atoms with Crippen molar-refractivity contribution in [2.24, 2.45) is 0 Å². The Balaban J connectivity index is 1.40. The maximum Gasteiger partial charge on any atom is 0.410 e. The molecule has 3 aromatic rings. The molecular weight excluding hydrogens is 350 g/mol. The summed E-state index contributed by atoms with van der Waals surface area (Å²) in [5, 5.41) is 26.9. The summed E-state index contributed by atoms with van der Waals surface area (Å²) in [5.74, 6) is 0.489. The molecule has 0 aliphatic carbocycles. The second kappa shape index (κ2) is 6.83. The Morgan fingerprint density at radius 3 is 2.93 bits per heavy atom. The molecule has 2 aromatic heterocycles. The molecule has 6 N–H and O–H groups in total. The van der Waals surface area contributed by atoms with E-state index < -0.39 is 6.09 Å². The molecule has 3 amide bonds. The minimum atomic E-state index is -1.22. The molecule has 27 heavy (non-hydrogen) atoms. The number of fused-ring (bicyclic) bond motifs is 2. The molecule has 1 aliphatic rings. The van der Waals surface area contributed by atoms with Gasteiger partial charge in [0.1, 0.15) is 5.82 Å². The topological polar surface area (TPSA) is 144 Å². The van der Waals surface area contributed by atoms with Crippen LogP contribution in [-0.4, -0.2) is 45.0 Å². The van der Waals surface area contributed by atoms with Crippen molar-refractivity contribution in [1.82, 2.24) is 20.5 Å². The molecule has 0 bridgehead atoms. The fraction of sp³-hybridized carbons (Fsp3) is 0.176. The zero-order chi connectivity index (χ0) is 18.8. The highest BCUT2D eigenvalue weighted by Crippen LogP contribution is 2.22. The van der Waals surface area contributed by atoms with Crippen LogP contribution in [0.1, 0.15) is 5.56 Å². The summed E-state index contributed by atoms with van der Waals surface area (Å²) in [6, 6.07) is 9.18. The first kappa shape index (κ1) is 16.6. The van der Waals surface area contributed by atoms with Crippen molar-refractivity contribution >= 4 is 40.4 Å². The van der Waals surface area contributed by atoms with Gasteiger partial charge in [0.25, 0.3) is 0 Å². The first-order valence-electron chi connectivity index (χ1n) is 8.32. The zero-order valence-corrected chi connectivity index (χ0v) is 14.1. The van der Waals surface area contributed by atoms with Crippen LogP contribution < -0.4 is 21.3 Å². The van der Waals surface area contributed by atoms with Crippen LogP contribution in [-0.2, 0) is 6.42 Å². The summed E-state index contributed by atoms with van der Waals surface area (Å²) < 4.78 is 0. The van der Waals surface area contributed by atoms with E-state index in [2.05, 4.69) is 36.4 Å². The van der Waals surface area contributed by atoms with E-state index >= 15 is 0 Å². The van der Waals surface area contributed by atoms with Crippen LogP contribution in [0.5, 0.6) is 0 Å². The third-order valence-corrected chi connectivity index (χ3v) is 4.27. The van der Waals surface area contributed by atoms with Crippen molar-refractivity contribution < 1.29 is 14.7 Å². The van der Waals surface area contributed by atoms with Gasteiger partial charge in [0, 0.05) is 24.5 Å². The molecule has 138 valence electrons. The average molecular weight is 367 g/mol. The van der Waals surface area contributed by atoms with Gasteiger partial charge in [0.15, 0.2) is 5.82 Å². The number of para-hydroxylation sites is 1. The molecule has 1 aliphatic heterocycles. The lowest BCUT2D eigenvalue weighted by Crippen LogP contribution is -2.45. The highest BCUT2D eigenvalue weighted by atomic mass is 16.4. The SMILES string of the molecule is O=C(O)Nc1n[nH]c2cc(NC(=O)NC3CNc4ccccc4C3)ncc12. The summed E-state index contributed by atoms with van der Waals surface area (Å²) in [4.78, 5) is 27.1. The number of carboxylic acid groups (broad SMARTS) is 1. The predicted molar refractivity (Wildman–Crippen MR) is 100 cm³/mol. The Hall–Kier alpha value is -3.82. The molecule has 0 spiro atoms. The Kier molecular flexibility index (Phi) is 4.21. The summed E-state index contributed by atoms with van der Waals surface area (Å²) in [6.45, 7) is 0.641. The van der Waals surface area contributed by atoms with Gasteiger partial charge >= 0.3 is 12.1 Å². The van der Waals surface area contributed by atoms with Crippen LogP contribution in [0.2, 0.25) is 0 Å². The molecule has 0 fully saturated rings. The number of aromatic nitrogens is 3. The van der Waals surface area contributed by atoms with Crippen LogP contribution in [0.3, 0.4) is 0 Å². The second-order valence-corrected chi connectivity index (χ2v) is 6.16. The van der Waals surface area contributed by atoms with Gasteiger partial charge < -0.3 is 15.7 Å². The van der Waals surface area contributed by atoms with E-state index in [-0.39, 0.29) is 17.9 Å². The monoisotopic (exact) mass is 367 g/mol. The lowest BCUT2D eigenvalue weighted by molar-refractivity contribution is 0.209. The maximum atomic E-state index is 12.3. The van der Waals surface area contributed by atoms with Gasteiger partial charge in [0.05, 0.1) is 16.9 Å². The predicted octanol–water partition coefficient (Wildman–Crippen LogP) is 2.21. The van der Waals surface area contributed by atoms with E-state index in [0.29, 0.717) is 23.3 Å². The van der Waals surface area contributed by atoms with Crippen molar-refractivity contribution in [3.8, 4) is 0 Å². The third-order valence-electron chi connectivity index (χ3n) is 4.27. The number of amides is 3. The van der Waals surface area contributed by atoms with Crippen molar-refractivity contribution in [3.05, 3.63) is 42.1 Å². The number of hydrogen-bond acceptors (Lipinski definition) is 5. The summed E-state index contributed by atoms with van der Waals surface area (Å²) in [6.07, 6.45) is 0.971. The van der Waals surface area contributed by atoms with Crippen LogP contribution >= 0.6 is 0 Å². The minimum absolute atomic E-state index is 0.0397. The van der Waals surface area contributed by atoms with Crippen molar-refractivity contribution in [1.29, 1.82) is 0 Å². The number of carbonyl (C=O) groups excluding carboxylic acids is 1. The molecule has 4 rings (SSSR count). The standard InChI is InChI=1S/C17H17N7O3/c25-16(20-10-5-9-3-1-2-4-12(9)18-7-10)21-14-6-13-11(8-19-14)15(24-23-13)22-17(26)27/h1-4,6,8,10,18H,5,7H2,(H,26,27)(H2,22,23,24)(H2,19,20,21,25). The molecule has 0 saturated heterocycles. The van der Waals surface area contributed by atoms with E-state index in [1.807, 2.05) is 24.3 Å². The van der Waals surface area contributed by atoms with E-state index in [1.165, 1.54) is 6.20 Å². The Morgan fingerprint density at radius 2 is 2.07 bits per heavy atom. The molecule has 1 aromatic carbocycles. The number of H-pyrrole nitrogens is 1. The number of pyridine rings is 1. The van der Waals surface area contributed by atoms with E-state index in [4.69, 9.17) is 5.11 Å². The molecule has 0 radical (unpaired) electrons. The van der Waals surface area contributed by atoms with Crippen molar-refractivity contribution in [2.45, 2.75) is 12.5 Å². The largest absolute Gasteiger partial charge is 0.465 e. The Labute approximate surface area is 153 Å². The van der Waals surface area contributed by atoms with Gasteiger partial charge in [-0.3, -0.25) is 15.7 Å². The van der Waals surface area contributed by atoms with Crippen LogP contribution in [0.25, 0.3) is 10.9 Å². The quantitative estimate of drug-likeness (QED) is 0.419. The number of nitrogens with one attached hydrogen (secondary N) is 5. The fourth-order valence-electron chi connectivity index (χ4n) is 3.06. The lowest BCUT2D eigenvalue weighted by atomic mass is 10.00. The molecule has 3 heterocycles. The van der Waals surface area contributed by atoms with E-state index in [9.17, 15) is 9.59 Å². The first-order chi connectivity index (χ1) is 13.1. The van der Waals surface area contributed by atoms with Gasteiger partial charge in [0.2, 0.25) is 0 Å². The number of benzene rings is 1. The van der Waals surface area contributed by atoms with Crippen LogP contribution in [0.15, 0.2) is 36.5 Å². The average Bonchev–Trinajstić information content (AvgIpc) is 3.03. The second-order valence-electron chi connectivity index (χ2n) is 6.16. The van der Waals surface area contributed by atoms with Gasteiger partial charge in [-0.2, -0.15) is 5.10 Å². The summed E-state index contributed by atoms with van der Waals surface area (Å²) in [7, 11) is 0. The first-order valence-corrected chi connectivity index (χ1v) is 8.32. The third kappa shape index (κ3) is 3.59. The molecule has 10 heteroatoms. The highest BCUT2D eigenvalue weighted by molar-refractivity contribution is 5.98. The molecule has 10 nitrogen and oxygen atoms in total. The van der Waals surface area contributed by atoms with Gasteiger partial charge in [-0.1, -0.05) is 18.2 Å². The number of anilines is 3. The lowest BCUT2D eigenvalue weighted by Gasteiger charge is -2.26. The van der Waals surface area contributed by atoms with Crippen molar-refractivity contribution in [2.75, 3.05) is 22.5 Å². The molecule has 1 unspecified atom stereocenters. The number of rotatable bonds is 3. The summed E-state index contributed by atoms with van der Waals surface area (Å²) in [5.41, 5.74) is 2.80. The van der Waals surface area contributed by atoms with Gasteiger partial charge in [-0.05, 0) is 18.1 Å². The number of aromatic amines is 1. The number of carbonyl (C=O) groups is 2. The maximum absolute atomic E-state index is 12.3. The van der Waals surface area contributed by atoms with E-state index in [1.54, 1.807) is 6.07 Å². The Bertz CT molecular complexity index is 1020. The normalized spacial score (nSPS) is 15.5. The molecular formula is C17H17N7O3. The number of nitrogens with zero attached hydrogens (tertiary/aromatic N) is 2. The molecule has 1 atom stereocenters. The van der Waals surface area contributed by atoms with Gasteiger partial charge in [-0.25, -0.2) is 14.6 Å². The number of urea groups is 1. The van der Waals surface area contributed by atoms with E-state index in [0.717, 1.165) is 17.7 Å². The Morgan fingerprint density at radius 1 is 1.22 bits per heavy atom. The van der Waals surface area contributed by atoms with Crippen molar-refractivity contribution in [3.63, 3.8) is 0 Å². The minimum Gasteiger partial charge on any atom is -0.465 e. The van der Waals surface area contributed by atoms with Crippen LogP contribution in [0, 0.1) is 0 Å². The summed E-state index contributed by atoms with van der Waals surface area (Å²) >= 11 is 0. The van der Waals surface area contributed by atoms with Gasteiger partial charge in [-0.15, -0.1) is 0 Å². The highest BCUT2D eigenvalue weighted by Gasteiger charge is 2.19. The van der Waals surface area contributed by atoms with Crippen LogP contribution in [0.4, 0.5) is 26.9 Å². The smallest absolute Gasteiger partial charge is 0.410 e. The zero-order valence-electron chi connectivity index (χ0n) is 14.1.